The molecule has 2 amide bonds. The predicted molar refractivity (Wildman–Crippen MR) is 99.1 cm³/mol. The van der Waals surface area contributed by atoms with Gasteiger partial charge in [0.05, 0.1) is 0 Å². The lowest BCUT2D eigenvalue weighted by Crippen LogP contribution is -2.50. The van der Waals surface area contributed by atoms with E-state index in [1.807, 2.05) is 12.3 Å². The van der Waals surface area contributed by atoms with Crippen molar-refractivity contribution < 1.29 is 29.0 Å². The number of imide groups is 1. The number of carbonyl (C=O) groups excluding carboxylic acids is 2. The van der Waals surface area contributed by atoms with Crippen LogP contribution in [-0.2, 0) is 20.9 Å². The van der Waals surface area contributed by atoms with E-state index in [1.54, 1.807) is 45.0 Å². The first kappa shape index (κ1) is 21.8. The second-order valence-electron chi connectivity index (χ2n) is 6.53. The van der Waals surface area contributed by atoms with E-state index in [9.17, 15) is 19.5 Å². The van der Waals surface area contributed by atoms with Crippen molar-refractivity contribution in [2.75, 3.05) is 12.0 Å². The second kappa shape index (κ2) is 10.1. The van der Waals surface area contributed by atoms with Crippen LogP contribution in [0.4, 0.5) is 9.59 Å². The quantitative estimate of drug-likeness (QED) is 0.766. The van der Waals surface area contributed by atoms with Crippen LogP contribution in [0, 0.1) is 0 Å². The standard InChI is InChI=1S/C18H25NO6S/c1-18(2,3)25-17(23)19(14(15(20)21)10-11-26-4)16(22)24-12-13-8-6-5-7-9-13/h5-9,14H,10-12H2,1-4H3,(H,20,21)/t14-/m0/s1. The van der Waals surface area contributed by atoms with Crippen molar-refractivity contribution in [3.8, 4) is 0 Å². The molecule has 0 aliphatic heterocycles. The van der Waals surface area contributed by atoms with Crippen molar-refractivity contribution >= 4 is 29.9 Å². The van der Waals surface area contributed by atoms with Gasteiger partial charge in [0.25, 0.3) is 0 Å². The largest absolute Gasteiger partial charge is 0.480 e. The maximum absolute atomic E-state index is 12.5. The molecule has 0 radical (unpaired) electrons. The Balaban J connectivity index is 2.98. The zero-order chi connectivity index (χ0) is 19.7. The van der Waals surface area contributed by atoms with Gasteiger partial charge in [0.15, 0.2) is 0 Å². The third-order valence-electron chi connectivity index (χ3n) is 3.18. The monoisotopic (exact) mass is 383 g/mol. The molecular weight excluding hydrogens is 358 g/mol. The summed E-state index contributed by atoms with van der Waals surface area (Å²) in [5.41, 5.74) is -0.154. The molecule has 1 N–H and O–H groups in total. The van der Waals surface area contributed by atoms with Crippen molar-refractivity contribution in [3.05, 3.63) is 35.9 Å². The van der Waals surface area contributed by atoms with Gasteiger partial charge in [-0.1, -0.05) is 30.3 Å². The highest BCUT2D eigenvalue weighted by Crippen LogP contribution is 2.17. The topological polar surface area (TPSA) is 93.1 Å². The van der Waals surface area contributed by atoms with Crippen molar-refractivity contribution in [3.63, 3.8) is 0 Å². The molecule has 0 aliphatic carbocycles. The Bertz CT molecular complexity index is 614. The molecule has 0 saturated heterocycles. The van der Waals surface area contributed by atoms with Crippen LogP contribution in [0.15, 0.2) is 30.3 Å². The molecule has 0 spiro atoms. The molecule has 0 bridgehead atoms. The number of ether oxygens (including phenoxy) is 2. The average Bonchev–Trinajstić information content (AvgIpc) is 2.55. The van der Waals surface area contributed by atoms with Gasteiger partial charge in [-0.25, -0.2) is 14.4 Å². The highest BCUT2D eigenvalue weighted by Gasteiger charge is 2.38. The van der Waals surface area contributed by atoms with Crippen molar-refractivity contribution in [2.45, 2.75) is 45.4 Å². The summed E-state index contributed by atoms with van der Waals surface area (Å²) in [5, 5.41) is 9.49. The molecule has 1 aromatic rings. The van der Waals surface area contributed by atoms with E-state index >= 15 is 0 Å². The molecule has 1 rings (SSSR count). The van der Waals surface area contributed by atoms with Crippen LogP contribution in [0.2, 0.25) is 0 Å². The Hall–Kier alpha value is -2.22. The van der Waals surface area contributed by atoms with E-state index < -0.39 is 29.8 Å². The van der Waals surface area contributed by atoms with E-state index in [4.69, 9.17) is 9.47 Å². The fourth-order valence-corrected chi connectivity index (χ4v) is 2.48. The van der Waals surface area contributed by atoms with Gasteiger partial charge in [-0.3, -0.25) is 0 Å². The summed E-state index contributed by atoms with van der Waals surface area (Å²) in [4.78, 5) is 37.1. The number of benzene rings is 1. The van der Waals surface area contributed by atoms with Crippen LogP contribution in [0.3, 0.4) is 0 Å². The molecule has 26 heavy (non-hydrogen) atoms. The molecule has 0 fully saturated rings. The number of carboxylic acid groups (broad SMARTS) is 1. The van der Waals surface area contributed by atoms with Gasteiger partial charge in [-0.15, -0.1) is 0 Å². The van der Waals surface area contributed by atoms with Crippen LogP contribution < -0.4 is 0 Å². The van der Waals surface area contributed by atoms with Gasteiger partial charge in [0, 0.05) is 0 Å². The Kier molecular flexibility index (Phi) is 8.44. The number of hydrogen-bond donors (Lipinski definition) is 1. The normalized spacial score (nSPS) is 12.2. The maximum Gasteiger partial charge on any atom is 0.420 e. The number of carbonyl (C=O) groups is 3. The minimum absolute atomic E-state index is 0.0756. The first-order valence-corrected chi connectivity index (χ1v) is 9.49. The molecule has 0 saturated carbocycles. The van der Waals surface area contributed by atoms with Gasteiger partial charge in [-0.2, -0.15) is 16.7 Å². The summed E-state index contributed by atoms with van der Waals surface area (Å²) < 4.78 is 10.4. The lowest BCUT2D eigenvalue weighted by molar-refractivity contribution is -0.142. The first-order chi connectivity index (χ1) is 12.2. The highest BCUT2D eigenvalue weighted by atomic mass is 32.2. The smallest absolute Gasteiger partial charge is 0.420 e. The van der Waals surface area contributed by atoms with Gasteiger partial charge in [0.1, 0.15) is 18.2 Å². The van der Waals surface area contributed by atoms with E-state index in [0.29, 0.717) is 10.7 Å². The van der Waals surface area contributed by atoms with Crippen molar-refractivity contribution in [2.24, 2.45) is 0 Å². The highest BCUT2D eigenvalue weighted by molar-refractivity contribution is 7.98. The number of aliphatic carboxylic acids is 1. The second-order valence-corrected chi connectivity index (χ2v) is 7.51. The van der Waals surface area contributed by atoms with E-state index in [-0.39, 0.29) is 13.0 Å². The molecule has 0 unspecified atom stereocenters. The summed E-state index contributed by atoms with van der Waals surface area (Å²) in [6.07, 6.45) is -0.179. The van der Waals surface area contributed by atoms with Crippen LogP contribution in [-0.4, -0.2) is 51.8 Å². The Morgan fingerprint density at radius 1 is 1.15 bits per heavy atom. The number of nitrogens with zero attached hydrogens (tertiary/aromatic N) is 1. The van der Waals surface area contributed by atoms with Crippen LogP contribution in [0.25, 0.3) is 0 Å². The lowest BCUT2D eigenvalue weighted by atomic mass is 10.2. The molecule has 1 aromatic carbocycles. The van der Waals surface area contributed by atoms with Gasteiger partial charge >= 0.3 is 18.2 Å². The summed E-state index contributed by atoms with van der Waals surface area (Å²) in [6.45, 7) is 4.83. The third kappa shape index (κ3) is 7.35. The summed E-state index contributed by atoms with van der Waals surface area (Å²) in [7, 11) is 0. The Morgan fingerprint density at radius 3 is 2.27 bits per heavy atom. The SMILES string of the molecule is CSCC[C@@H](C(=O)O)N(C(=O)OCc1ccccc1)C(=O)OC(C)(C)C. The fourth-order valence-electron chi connectivity index (χ4n) is 2.02. The summed E-state index contributed by atoms with van der Waals surface area (Å²) in [5.74, 6) is -0.830. The van der Waals surface area contributed by atoms with Crippen LogP contribution >= 0.6 is 11.8 Å². The summed E-state index contributed by atoms with van der Waals surface area (Å²) >= 11 is 1.42. The zero-order valence-electron chi connectivity index (χ0n) is 15.4. The van der Waals surface area contributed by atoms with Crippen molar-refractivity contribution in [1.29, 1.82) is 0 Å². The predicted octanol–water partition coefficient (Wildman–Crippen LogP) is 3.77. The van der Waals surface area contributed by atoms with Gasteiger partial charge in [-0.05, 0) is 44.8 Å². The minimum atomic E-state index is -1.36. The van der Waals surface area contributed by atoms with Crippen LogP contribution in [0.5, 0.6) is 0 Å². The van der Waals surface area contributed by atoms with Gasteiger partial charge in [0.2, 0.25) is 0 Å². The Morgan fingerprint density at radius 2 is 1.77 bits per heavy atom. The average molecular weight is 383 g/mol. The summed E-state index contributed by atoms with van der Waals surface area (Å²) in [6, 6.07) is 7.55. The molecule has 144 valence electrons. The molecule has 0 heterocycles. The number of amides is 2. The molecule has 1 atom stereocenters. The maximum atomic E-state index is 12.5. The number of carboxylic acids is 1. The van der Waals surface area contributed by atoms with Crippen molar-refractivity contribution in [1.82, 2.24) is 4.90 Å². The van der Waals surface area contributed by atoms with Crippen LogP contribution in [0.1, 0.15) is 32.8 Å². The van der Waals surface area contributed by atoms with E-state index in [0.717, 1.165) is 5.56 Å². The number of hydrogen-bond acceptors (Lipinski definition) is 6. The molecule has 7 nitrogen and oxygen atoms in total. The lowest BCUT2D eigenvalue weighted by Gasteiger charge is -2.29. The number of rotatable bonds is 7. The molecule has 8 heteroatoms. The molecular formula is C18H25NO6S. The Labute approximate surface area is 157 Å². The van der Waals surface area contributed by atoms with E-state index in [2.05, 4.69) is 0 Å². The first-order valence-electron chi connectivity index (χ1n) is 8.10. The van der Waals surface area contributed by atoms with Gasteiger partial charge < -0.3 is 14.6 Å². The fraction of sp³-hybridized carbons (Fsp3) is 0.500. The molecule has 0 aromatic heterocycles. The zero-order valence-corrected chi connectivity index (χ0v) is 16.2. The number of thioether (sulfide) groups is 1. The minimum Gasteiger partial charge on any atom is -0.480 e. The van der Waals surface area contributed by atoms with E-state index in [1.165, 1.54) is 11.8 Å². The third-order valence-corrected chi connectivity index (χ3v) is 3.83. The molecule has 0 aliphatic rings.